The van der Waals surface area contributed by atoms with Crippen LogP contribution in [-0.4, -0.2) is 0 Å². The van der Waals surface area contributed by atoms with Crippen LogP contribution < -0.4 is 5.73 Å². The minimum atomic E-state index is 0.166. The molecule has 2 aromatic rings. The molecule has 0 aromatic heterocycles. The van der Waals surface area contributed by atoms with Crippen LogP contribution in [-0.2, 0) is 0 Å². The van der Waals surface area contributed by atoms with Crippen molar-refractivity contribution < 1.29 is 0 Å². The Hall–Kier alpha value is -0.960. The Balaban J connectivity index is 1.83. The predicted octanol–water partition coefficient (Wildman–Crippen LogP) is 5.29. The van der Waals surface area contributed by atoms with Crippen molar-refractivity contribution in [3.05, 3.63) is 59.1 Å². The topological polar surface area (TPSA) is 26.0 Å². The lowest BCUT2D eigenvalue weighted by Gasteiger charge is -2.32. The maximum atomic E-state index is 6.44. The molecule has 1 saturated carbocycles. The van der Waals surface area contributed by atoms with Crippen molar-refractivity contribution in [2.45, 2.75) is 35.1 Å². The lowest BCUT2D eigenvalue weighted by molar-refractivity contribution is 0.262. The molecule has 2 aromatic carbocycles. The van der Waals surface area contributed by atoms with E-state index >= 15 is 0 Å². The smallest absolute Gasteiger partial charge is 0.0406 e. The summed E-state index contributed by atoms with van der Waals surface area (Å²) in [6.07, 6.45) is 3.85. The number of nitrogens with two attached hydrogens (primary N) is 1. The summed E-state index contributed by atoms with van der Waals surface area (Å²) >= 11 is 7.70. The largest absolute Gasteiger partial charge is 0.324 e. The highest BCUT2D eigenvalue weighted by atomic mass is 35.5. The van der Waals surface area contributed by atoms with E-state index in [1.54, 1.807) is 11.8 Å². The van der Waals surface area contributed by atoms with E-state index in [4.69, 9.17) is 17.3 Å². The summed E-state index contributed by atoms with van der Waals surface area (Å²) in [6.45, 7) is 0. The van der Waals surface area contributed by atoms with Crippen LogP contribution in [0.5, 0.6) is 0 Å². The minimum Gasteiger partial charge on any atom is -0.324 e. The molecule has 0 amide bonds. The Morgan fingerprint density at radius 3 is 2.40 bits per heavy atom. The summed E-state index contributed by atoms with van der Waals surface area (Å²) < 4.78 is 0. The first-order valence-corrected chi connectivity index (χ1v) is 8.21. The van der Waals surface area contributed by atoms with Gasteiger partial charge in [-0.15, -0.1) is 0 Å². The second-order valence-corrected chi connectivity index (χ2v) is 6.86. The van der Waals surface area contributed by atoms with Gasteiger partial charge in [0.1, 0.15) is 0 Å². The third-order valence-corrected chi connectivity index (χ3v) is 5.33. The van der Waals surface area contributed by atoms with Crippen LogP contribution in [0.2, 0.25) is 5.02 Å². The average Bonchev–Trinajstić information content (AvgIpc) is 2.40. The van der Waals surface area contributed by atoms with Gasteiger partial charge >= 0.3 is 0 Å². The summed E-state index contributed by atoms with van der Waals surface area (Å²) in [7, 11) is 0. The minimum absolute atomic E-state index is 0.166. The molecule has 20 heavy (non-hydrogen) atoms. The molecule has 104 valence electrons. The highest BCUT2D eigenvalue weighted by Gasteiger charge is 2.26. The highest BCUT2D eigenvalue weighted by Crippen LogP contribution is 2.40. The molecule has 3 rings (SSSR count). The first-order valence-electron chi connectivity index (χ1n) is 7.02. The Kier molecular flexibility index (Phi) is 4.35. The third kappa shape index (κ3) is 3.03. The van der Waals surface area contributed by atoms with Gasteiger partial charge in [0.15, 0.2) is 0 Å². The maximum Gasteiger partial charge on any atom is 0.0406 e. The number of hydrogen-bond acceptors (Lipinski definition) is 2. The fourth-order valence-electron chi connectivity index (χ4n) is 2.53. The Bertz CT molecular complexity index is 578. The quantitative estimate of drug-likeness (QED) is 0.830. The second kappa shape index (κ2) is 6.21. The number of rotatable bonds is 4. The first-order chi connectivity index (χ1) is 9.74. The van der Waals surface area contributed by atoms with Crippen LogP contribution in [0.3, 0.4) is 0 Å². The van der Waals surface area contributed by atoms with Crippen LogP contribution >= 0.6 is 23.4 Å². The van der Waals surface area contributed by atoms with Gasteiger partial charge in [0, 0.05) is 20.9 Å². The molecule has 0 aliphatic heterocycles. The highest BCUT2D eigenvalue weighted by molar-refractivity contribution is 7.99. The van der Waals surface area contributed by atoms with E-state index < -0.39 is 0 Å². The van der Waals surface area contributed by atoms with Crippen molar-refractivity contribution in [1.82, 2.24) is 0 Å². The van der Waals surface area contributed by atoms with Crippen LogP contribution in [0.4, 0.5) is 0 Å². The summed E-state index contributed by atoms with van der Waals surface area (Å²) in [5.41, 5.74) is 7.72. The van der Waals surface area contributed by atoms with E-state index in [-0.39, 0.29) is 6.04 Å². The summed E-state index contributed by atoms with van der Waals surface area (Å²) in [5, 5.41) is 0.772. The molecular weight excluding hydrogens is 286 g/mol. The molecule has 3 heteroatoms. The van der Waals surface area contributed by atoms with E-state index in [9.17, 15) is 0 Å². The molecule has 0 spiro atoms. The van der Waals surface area contributed by atoms with E-state index in [2.05, 4.69) is 36.4 Å². The number of hydrogen-bond donors (Lipinski definition) is 1. The van der Waals surface area contributed by atoms with Crippen molar-refractivity contribution >= 4 is 23.4 Å². The molecule has 0 bridgehead atoms. The zero-order chi connectivity index (χ0) is 13.9. The number of halogens is 1. The zero-order valence-electron chi connectivity index (χ0n) is 11.3. The molecule has 1 aliphatic rings. The van der Waals surface area contributed by atoms with E-state index in [0.717, 1.165) is 5.02 Å². The predicted molar refractivity (Wildman–Crippen MR) is 86.3 cm³/mol. The Labute approximate surface area is 129 Å². The lowest BCUT2D eigenvalue weighted by Crippen LogP contribution is -2.27. The fraction of sp³-hybridized carbons (Fsp3) is 0.294. The average molecular weight is 304 g/mol. The Morgan fingerprint density at radius 2 is 1.75 bits per heavy atom. The van der Waals surface area contributed by atoms with Gasteiger partial charge in [0.05, 0.1) is 0 Å². The van der Waals surface area contributed by atoms with Crippen molar-refractivity contribution in [1.29, 1.82) is 0 Å². The molecule has 0 heterocycles. The van der Waals surface area contributed by atoms with Gasteiger partial charge in [-0.1, -0.05) is 48.0 Å². The van der Waals surface area contributed by atoms with Gasteiger partial charge in [-0.25, -0.2) is 0 Å². The van der Waals surface area contributed by atoms with E-state index in [1.165, 1.54) is 34.6 Å². The van der Waals surface area contributed by atoms with Gasteiger partial charge in [-0.05, 0) is 54.7 Å². The molecule has 0 saturated heterocycles. The summed E-state index contributed by atoms with van der Waals surface area (Å²) in [6, 6.07) is 16.6. The van der Waals surface area contributed by atoms with Gasteiger partial charge < -0.3 is 5.73 Å². The van der Waals surface area contributed by atoms with Crippen molar-refractivity contribution in [2.24, 2.45) is 11.7 Å². The van der Waals surface area contributed by atoms with Crippen molar-refractivity contribution in [3.63, 3.8) is 0 Å². The summed E-state index contributed by atoms with van der Waals surface area (Å²) in [5.74, 6) is 0.655. The first kappa shape index (κ1) is 14.0. The van der Waals surface area contributed by atoms with Crippen molar-refractivity contribution in [3.8, 4) is 0 Å². The third-order valence-electron chi connectivity index (χ3n) is 3.98. The Morgan fingerprint density at radius 1 is 1.05 bits per heavy atom. The van der Waals surface area contributed by atoms with Gasteiger partial charge in [-0.3, -0.25) is 0 Å². The van der Waals surface area contributed by atoms with Gasteiger partial charge in [-0.2, -0.15) is 0 Å². The molecule has 1 atom stereocenters. The van der Waals surface area contributed by atoms with E-state index in [1.807, 2.05) is 12.1 Å². The molecular formula is C17H18ClNS. The molecule has 1 fully saturated rings. The van der Waals surface area contributed by atoms with Crippen LogP contribution in [0.25, 0.3) is 0 Å². The van der Waals surface area contributed by atoms with Gasteiger partial charge in [0.2, 0.25) is 0 Å². The molecule has 1 aliphatic carbocycles. The lowest BCUT2D eigenvalue weighted by atomic mass is 9.77. The summed E-state index contributed by atoms with van der Waals surface area (Å²) in [4.78, 5) is 2.46. The fourth-order valence-corrected chi connectivity index (χ4v) is 3.65. The van der Waals surface area contributed by atoms with Crippen molar-refractivity contribution in [2.75, 3.05) is 0 Å². The second-order valence-electron chi connectivity index (χ2n) is 5.31. The van der Waals surface area contributed by atoms with Crippen LogP contribution in [0.15, 0.2) is 58.3 Å². The standard InChI is InChI=1S/C17H18ClNS/c18-13-8-10-14(11-9-13)20-16-7-2-1-6-15(16)17(19)12-4-3-5-12/h1-2,6-12,17H,3-5,19H2/t17-/m1/s1. The molecule has 2 N–H and O–H groups in total. The maximum absolute atomic E-state index is 6.44. The molecule has 0 unspecified atom stereocenters. The van der Waals surface area contributed by atoms with E-state index in [0.29, 0.717) is 5.92 Å². The zero-order valence-corrected chi connectivity index (χ0v) is 12.8. The SMILES string of the molecule is N[C@@H](c1ccccc1Sc1ccc(Cl)cc1)C1CCC1. The van der Waals surface area contributed by atoms with Gasteiger partial charge in [0.25, 0.3) is 0 Å². The molecule has 0 radical (unpaired) electrons. The molecule has 1 nitrogen and oxygen atoms in total. The normalized spacial score (nSPS) is 16.7. The number of benzene rings is 2. The van der Waals surface area contributed by atoms with Crippen LogP contribution in [0.1, 0.15) is 30.9 Å². The van der Waals surface area contributed by atoms with Crippen LogP contribution in [0, 0.1) is 5.92 Å². The monoisotopic (exact) mass is 303 g/mol.